The van der Waals surface area contributed by atoms with E-state index >= 15 is 0 Å². The van der Waals surface area contributed by atoms with Crippen molar-refractivity contribution in [3.05, 3.63) is 0 Å². The van der Waals surface area contributed by atoms with Crippen LogP contribution in [0.4, 0.5) is 5.95 Å². The van der Waals surface area contributed by atoms with Crippen LogP contribution >= 0.6 is 11.8 Å². The molecular weight excluding hydrogens is 280 g/mol. The number of aliphatic hydroxyl groups excluding tert-OH is 2. The van der Waals surface area contributed by atoms with Gasteiger partial charge in [0.1, 0.15) is 0 Å². The Morgan fingerprint density at radius 2 is 2.05 bits per heavy atom. The number of rotatable bonds is 9. The van der Waals surface area contributed by atoms with Gasteiger partial charge in [-0.05, 0) is 20.3 Å². The van der Waals surface area contributed by atoms with Crippen LogP contribution in [0.15, 0.2) is 5.16 Å². The topological polar surface area (TPSA) is 100 Å². The molecule has 1 aromatic rings. The van der Waals surface area contributed by atoms with Gasteiger partial charge in [0.05, 0.1) is 18.8 Å². The molecule has 1 heterocycles. The third kappa shape index (κ3) is 6.36. The number of anilines is 1. The van der Waals surface area contributed by atoms with E-state index in [1.165, 1.54) is 11.8 Å². The van der Waals surface area contributed by atoms with Crippen molar-refractivity contribution in [1.29, 1.82) is 0 Å². The van der Waals surface area contributed by atoms with E-state index in [1.54, 1.807) is 0 Å². The number of hydrogen-bond donors (Lipinski definition) is 3. The molecule has 0 aliphatic heterocycles. The van der Waals surface area contributed by atoms with Gasteiger partial charge in [-0.15, -0.1) is 0 Å². The molecule has 7 nitrogen and oxygen atoms in total. The molecule has 20 heavy (non-hydrogen) atoms. The van der Waals surface area contributed by atoms with Crippen LogP contribution < -0.4 is 10.1 Å². The minimum absolute atomic E-state index is 0.0303. The van der Waals surface area contributed by atoms with Gasteiger partial charge < -0.3 is 20.3 Å². The van der Waals surface area contributed by atoms with Gasteiger partial charge >= 0.3 is 6.01 Å². The third-order valence-corrected chi connectivity index (χ3v) is 3.08. The first-order valence-electron chi connectivity index (χ1n) is 6.63. The summed E-state index contributed by atoms with van der Waals surface area (Å²) < 4.78 is 5.48. The lowest BCUT2D eigenvalue weighted by atomic mass is 10.4. The number of hydrogen-bond acceptors (Lipinski definition) is 8. The Morgan fingerprint density at radius 1 is 1.30 bits per heavy atom. The molecule has 0 saturated carbocycles. The predicted molar refractivity (Wildman–Crippen MR) is 78.2 cm³/mol. The van der Waals surface area contributed by atoms with Crippen LogP contribution in [0.5, 0.6) is 6.01 Å². The molecule has 1 aromatic heterocycles. The Kier molecular flexibility index (Phi) is 7.56. The Labute approximate surface area is 123 Å². The van der Waals surface area contributed by atoms with Gasteiger partial charge in [-0.1, -0.05) is 18.7 Å². The van der Waals surface area contributed by atoms with Gasteiger partial charge in [0, 0.05) is 12.3 Å². The molecule has 0 aromatic carbocycles. The lowest BCUT2D eigenvalue weighted by molar-refractivity contribution is 0.113. The summed E-state index contributed by atoms with van der Waals surface area (Å²) in [6.45, 7) is 6.31. The molecule has 0 radical (unpaired) electrons. The van der Waals surface area contributed by atoms with E-state index in [1.807, 2.05) is 20.8 Å². The van der Waals surface area contributed by atoms with Gasteiger partial charge in [-0.25, -0.2) is 0 Å². The Hall–Kier alpha value is -1.12. The van der Waals surface area contributed by atoms with Crippen molar-refractivity contribution < 1.29 is 14.9 Å². The zero-order valence-electron chi connectivity index (χ0n) is 12.0. The summed E-state index contributed by atoms with van der Waals surface area (Å²) in [5, 5.41) is 21.7. The van der Waals surface area contributed by atoms with Crippen molar-refractivity contribution in [1.82, 2.24) is 15.0 Å². The first-order valence-corrected chi connectivity index (χ1v) is 7.62. The average Bonchev–Trinajstić information content (AvgIpc) is 2.41. The summed E-state index contributed by atoms with van der Waals surface area (Å²) in [5.41, 5.74) is 0. The molecule has 114 valence electrons. The molecule has 0 bridgehead atoms. The molecule has 1 rings (SSSR count). The lowest BCUT2D eigenvalue weighted by Crippen LogP contribution is -2.16. The number of nitrogens with zero attached hydrogens (tertiary/aromatic N) is 3. The van der Waals surface area contributed by atoms with E-state index in [9.17, 15) is 5.11 Å². The maximum absolute atomic E-state index is 9.36. The fraction of sp³-hybridized carbons (Fsp3) is 0.750. The molecule has 1 atom stereocenters. The molecule has 0 aliphatic carbocycles. The minimum atomic E-state index is -0.793. The number of aromatic nitrogens is 3. The Bertz CT molecular complexity index is 406. The number of ether oxygens (including phenoxy) is 1. The summed E-state index contributed by atoms with van der Waals surface area (Å²) in [5.74, 6) is 0.771. The zero-order chi connectivity index (χ0) is 15.0. The second-order valence-electron chi connectivity index (χ2n) is 4.46. The van der Waals surface area contributed by atoms with E-state index < -0.39 is 6.10 Å². The van der Waals surface area contributed by atoms with Crippen molar-refractivity contribution >= 4 is 17.7 Å². The minimum Gasteiger partial charge on any atom is -0.461 e. The van der Waals surface area contributed by atoms with E-state index in [2.05, 4.69) is 20.3 Å². The first kappa shape index (κ1) is 16.9. The molecule has 0 saturated heterocycles. The number of nitrogens with one attached hydrogen (secondary N) is 1. The van der Waals surface area contributed by atoms with Gasteiger partial charge in [-0.3, -0.25) is 0 Å². The van der Waals surface area contributed by atoms with Crippen LogP contribution in [-0.4, -0.2) is 56.3 Å². The Balaban J connectivity index is 2.79. The highest BCUT2D eigenvalue weighted by Gasteiger charge is 2.11. The third-order valence-electron chi connectivity index (χ3n) is 2.08. The van der Waals surface area contributed by atoms with Crippen molar-refractivity contribution in [2.45, 2.75) is 44.6 Å². The van der Waals surface area contributed by atoms with E-state index in [-0.39, 0.29) is 18.7 Å². The summed E-state index contributed by atoms with van der Waals surface area (Å²) in [4.78, 5) is 12.6. The second-order valence-corrected chi connectivity index (χ2v) is 5.45. The highest BCUT2D eigenvalue weighted by atomic mass is 32.2. The fourth-order valence-electron chi connectivity index (χ4n) is 1.21. The quantitative estimate of drug-likeness (QED) is 0.579. The van der Waals surface area contributed by atoms with Crippen LogP contribution in [0.1, 0.15) is 27.2 Å². The molecule has 0 aliphatic rings. The summed E-state index contributed by atoms with van der Waals surface area (Å²) >= 11 is 1.25. The maximum atomic E-state index is 9.36. The van der Waals surface area contributed by atoms with Crippen molar-refractivity contribution in [3.63, 3.8) is 0 Å². The molecular formula is C12H22N4O3S. The van der Waals surface area contributed by atoms with Crippen LogP contribution in [0.3, 0.4) is 0 Å². The van der Waals surface area contributed by atoms with Crippen molar-refractivity contribution in [2.24, 2.45) is 0 Å². The Morgan fingerprint density at radius 3 is 2.65 bits per heavy atom. The lowest BCUT2D eigenvalue weighted by Gasteiger charge is -2.11. The van der Waals surface area contributed by atoms with Crippen LogP contribution in [0.25, 0.3) is 0 Å². The van der Waals surface area contributed by atoms with Gasteiger partial charge in [-0.2, -0.15) is 15.0 Å². The van der Waals surface area contributed by atoms with E-state index in [0.29, 0.717) is 16.9 Å². The molecule has 0 spiro atoms. The number of thioether (sulfide) groups is 1. The molecule has 8 heteroatoms. The smallest absolute Gasteiger partial charge is 0.322 e. The molecule has 0 fully saturated rings. The zero-order valence-corrected chi connectivity index (χ0v) is 12.9. The van der Waals surface area contributed by atoms with Crippen LogP contribution in [-0.2, 0) is 0 Å². The van der Waals surface area contributed by atoms with Crippen molar-refractivity contribution in [3.8, 4) is 6.01 Å². The highest BCUT2D eigenvalue weighted by molar-refractivity contribution is 7.99. The van der Waals surface area contributed by atoms with Gasteiger partial charge in [0.15, 0.2) is 5.16 Å². The molecule has 3 N–H and O–H groups in total. The molecule has 1 unspecified atom stereocenters. The van der Waals surface area contributed by atoms with Crippen LogP contribution in [0, 0.1) is 0 Å². The van der Waals surface area contributed by atoms with E-state index in [4.69, 9.17) is 9.84 Å². The molecule has 0 amide bonds. The van der Waals surface area contributed by atoms with Crippen LogP contribution in [0.2, 0.25) is 0 Å². The second kappa shape index (κ2) is 8.93. The standard InChI is InChI=1S/C12H22N4O3S/c1-4-5-13-10-14-11(19-8(2)3)16-12(15-10)20-7-9(18)6-17/h8-9,17-18H,4-7H2,1-3H3,(H,13,14,15,16). The SMILES string of the molecule is CCCNc1nc(OC(C)C)nc(SCC(O)CO)n1. The summed E-state index contributed by atoms with van der Waals surface area (Å²) in [6.07, 6.45) is 0.133. The van der Waals surface area contributed by atoms with Crippen molar-refractivity contribution in [2.75, 3.05) is 24.2 Å². The van der Waals surface area contributed by atoms with Gasteiger partial charge in [0.25, 0.3) is 0 Å². The van der Waals surface area contributed by atoms with E-state index in [0.717, 1.165) is 13.0 Å². The average molecular weight is 302 g/mol. The normalized spacial score (nSPS) is 12.5. The maximum Gasteiger partial charge on any atom is 0.322 e. The summed E-state index contributed by atoms with van der Waals surface area (Å²) in [7, 11) is 0. The fourth-order valence-corrected chi connectivity index (χ4v) is 1.95. The van der Waals surface area contributed by atoms with Gasteiger partial charge in [0.2, 0.25) is 5.95 Å². The highest BCUT2D eigenvalue weighted by Crippen LogP contribution is 2.19. The number of aliphatic hydroxyl groups is 2. The predicted octanol–water partition coefficient (Wildman–Crippen LogP) is 0.926. The largest absolute Gasteiger partial charge is 0.461 e. The first-order chi connectivity index (χ1) is 9.55. The summed E-state index contributed by atoms with van der Waals surface area (Å²) in [6, 6.07) is 0.259. The monoisotopic (exact) mass is 302 g/mol.